The number of urea groups is 1. The number of hydrogen-bond donors (Lipinski definition) is 3. The van der Waals surface area contributed by atoms with E-state index in [1.807, 2.05) is 33.2 Å². The summed E-state index contributed by atoms with van der Waals surface area (Å²) in [6, 6.07) is 8.06. The molecule has 0 spiro atoms. The van der Waals surface area contributed by atoms with Crippen molar-refractivity contribution in [1.29, 1.82) is 0 Å². The van der Waals surface area contributed by atoms with Gasteiger partial charge in [0.15, 0.2) is 0 Å². The minimum atomic E-state index is -0.187. The molecule has 1 unspecified atom stereocenters. The molecule has 0 saturated heterocycles. The van der Waals surface area contributed by atoms with E-state index < -0.39 is 0 Å². The molecule has 0 aromatic heterocycles. The third kappa shape index (κ3) is 7.11. The van der Waals surface area contributed by atoms with Crippen LogP contribution in [0.1, 0.15) is 30.9 Å². The van der Waals surface area contributed by atoms with Crippen LogP contribution in [0.4, 0.5) is 4.79 Å². The minimum absolute atomic E-state index is 0.0254. The topological polar surface area (TPSA) is 64.6 Å². The van der Waals surface area contributed by atoms with E-state index >= 15 is 0 Å². The lowest BCUT2D eigenvalue weighted by atomic mass is 10.1. The van der Waals surface area contributed by atoms with E-state index in [-0.39, 0.29) is 18.7 Å². The monoisotopic (exact) mass is 293 g/mol. The Morgan fingerprint density at radius 2 is 1.86 bits per heavy atom. The van der Waals surface area contributed by atoms with Gasteiger partial charge in [0.05, 0.1) is 0 Å². The zero-order valence-corrected chi connectivity index (χ0v) is 13.2. The van der Waals surface area contributed by atoms with E-state index in [0.29, 0.717) is 13.0 Å². The Hall–Kier alpha value is -1.59. The Bertz CT molecular complexity index is 418. The summed E-state index contributed by atoms with van der Waals surface area (Å²) in [5.41, 5.74) is 2.32. The van der Waals surface area contributed by atoms with Crippen LogP contribution in [-0.2, 0) is 13.1 Å². The predicted molar refractivity (Wildman–Crippen MR) is 85.0 cm³/mol. The van der Waals surface area contributed by atoms with E-state index in [9.17, 15) is 4.79 Å². The van der Waals surface area contributed by atoms with Crippen molar-refractivity contribution >= 4 is 6.03 Å². The number of aliphatic hydroxyl groups is 1. The van der Waals surface area contributed by atoms with Gasteiger partial charge in [0.1, 0.15) is 0 Å². The van der Waals surface area contributed by atoms with Crippen LogP contribution in [-0.4, -0.2) is 42.8 Å². The molecule has 0 fully saturated rings. The van der Waals surface area contributed by atoms with Crippen LogP contribution in [0.25, 0.3) is 0 Å². The summed E-state index contributed by atoms with van der Waals surface area (Å²) in [7, 11) is 4.08. The Morgan fingerprint density at radius 1 is 1.24 bits per heavy atom. The molecule has 1 rings (SSSR count). The summed E-state index contributed by atoms with van der Waals surface area (Å²) < 4.78 is 0. The molecule has 0 heterocycles. The highest BCUT2D eigenvalue weighted by molar-refractivity contribution is 5.74. The predicted octanol–water partition coefficient (Wildman–Crippen LogP) is 1.71. The van der Waals surface area contributed by atoms with Crippen molar-refractivity contribution in [2.75, 3.05) is 20.7 Å². The molecule has 0 saturated carbocycles. The molecule has 118 valence electrons. The van der Waals surface area contributed by atoms with Gasteiger partial charge in [-0.15, -0.1) is 0 Å². The van der Waals surface area contributed by atoms with Crippen molar-refractivity contribution in [3.63, 3.8) is 0 Å². The lowest BCUT2D eigenvalue weighted by Gasteiger charge is -2.16. The van der Waals surface area contributed by atoms with Crippen molar-refractivity contribution in [2.24, 2.45) is 0 Å². The number of nitrogens with zero attached hydrogens (tertiary/aromatic N) is 1. The SMILES string of the molecule is CCC(CCO)NC(=O)NCc1ccc(CN(C)C)cc1. The van der Waals surface area contributed by atoms with E-state index in [1.165, 1.54) is 5.56 Å². The molecule has 1 aromatic rings. The maximum Gasteiger partial charge on any atom is 0.315 e. The molecular formula is C16H27N3O2. The number of carbonyl (C=O) groups excluding carboxylic acids is 1. The van der Waals surface area contributed by atoms with Gasteiger partial charge in [0.2, 0.25) is 0 Å². The van der Waals surface area contributed by atoms with Gasteiger partial charge in [-0.25, -0.2) is 4.79 Å². The van der Waals surface area contributed by atoms with Crippen LogP contribution >= 0.6 is 0 Å². The smallest absolute Gasteiger partial charge is 0.315 e. The van der Waals surface area contributed by atoms with E-state index in [4.69, 9.17) is 5.11 Å². The fourth-order valence-electron chi connectivity index (χ4n) is 2.08. The second-order valence-corrected chi connectivity index (χ2v) is 5.50. The van der Waals surface area contributed by atoms with Crippen LogP contribution in [0.3, 0.4) is 0 Å². The van der Waals surface area contributed by atoms with Crippen molar-refractivity contribution < 1.29 is 9.90 Å². The molecule has 0 radical (unpaired) electrons. The maximum atomic E-state index is 11.8. The number of carbonyl (C=O) groups is 1. The van der Waals surface area contributed by atoms with Crippen LogP contribution in [0.15, 0.2) is 24.3 Å². The van der Waals surface area contributed by atoms with Gasteiger partial charge in [0.25, 0.3) is 0 Å². The lowest BCUT2D eigenvalue weighted by Crippen LogP contribution is -2.41. The molecule has 0 aliphatic carbocycles. The van der Waals surface area contributed by atoms with Crippen LogP contribution < -0.4 is 10.6 Å². The van der Waals surface area contributed by atoms with Crippen LogP contribution in [0.2, 0.25) is 0 Å². The zero-order valence-electron chi connectivity index (χ0n) is 13.2. The fourth-order valence-corrected chi connectivity index (χ4v) is 2.08. The number of hydrogen-bond acceptors (Lipinski definition) is 3. The molecule has 3 N–H and O–H groups in total. The van der Waals surface area contributed by atoms with E-state index in [1.54, 1.807) is 0 Å². The normalized spacial score (nSPS) is 12.2. The number of aliphatic hydroxyl groups excluding tert-OH is 1. The molecule has 0 aliphatic heterocycles. The average molecular weight is 293 g/mol. The van der Waals surface area contributed by atoms with Crippen molar-refractivity contribution in [1.82, 2.24) is 15.5 Å². The number of benzene rings is 1. The van der Waals surface area contributed by atoms with Gasteiger partial charge in [-0.3, -0.25) is 0 Å². The first-order chi connectivity index (χ1) is 10.0. The Morgan fingerprint density at radius 3 is 2.38 bits per heavy atom. The highest BCUT2D eigenvalue weighted by Crippen LogP contribution is 2.06. The first-order valence-electron chi connectivity index (χ1n) is 7.43. The third-order valence-corrected chi connectivity index (χ3v) is 3.28. The summed E-state index contributed by atoms with van der Waals surface area (Å²) in [6.07, 6.45) is 1.40. The lowest BCUT2D eigenvalue weighted by molar-refractivity contribution is 0.227. The maximum absolute atomic E-state index is 11.8. The minimum Gasteiger partial charge on any atom is -0.396 e. The van der Waals surface area contributed by atoms with Crippen molar-refractivity contribution in [3.05, 3.63) is 35.4 Å². The summed E-state index contributed by atoms with van der Waals surface area (Å²) in [4.78, 5) is 13.9. The van der Waals surface area contributed by atoms with E-state index in [0.717, 1.165) is 18.5 Å². The van der Waals surface area contributed by atoms with Crippen LogP contribution in [0.5, 0.6) is 0 Å². The summed E-state index contributed by atoms with van der Waals surface area (Å²) in [5, 5.41) is 14.6. The first kappa shape index (κ1) is 17.5. The molecule has 0 bridgehead atoms. The van der Waals surface area contributed by atoms with Crippen LogP contribution in [0, 0.1) is 0 Å². The summed E-state index contributed by atoms with van der Waals surface area (Å²) >= 11 is 0. The van der Waals surface area contributed by atoms with Gasteiger partial charge in [-0.05, 0) is 38.1 Å². The summed E-state index contributed by atoms with van der Waals surface area (Å²) in [5.74, 6) is 0. The van der Waals surface area contributed by atoms with Gasteiger partial charge in [0, 0.05) is 25.7 Å². The number of nitrogens with one attached hydrogen (secondary N) is 2. The number of amides is 2. The number of rotatable bonds is 8. The summed E-state index contributed by atoms with van der Waals surface area (Å²) in [6.45, 7) is 3.49. The average Bonchev–Trinajstić information content (AvgIpc) is 2.45. The van der Waals surface area contributed by atoms with Crippen molar-refractivity contribution in [2.45, 2.75) is 38.9 Å². The Labute approximate surface area is 127 Å². The van der Waals surface area contributed by atoms with Gasteiger partial charge < -0.3 is 20.6 Å². The molecule has 5 heteroatoms. The molecule has 1 aromatic carbocycles. The molecular weight excluding hydrogens is 266 g/mol. The first-order valence-corrected chi connectivity index (χ1v) is 7.43. The van der Waals surface area contributed by atoms with Crippen molar-refractivity contribution in [3.8, 4) is 0 Å². The standard InChI is InChI=1S/C16H27N3O2/c1-4-15(9-10-20)18-16(21)17-11-13-5-7-14(8-6-13)12-19(2)3/h5-8,15,20H,4,9-12H2,1-3H3,(H2,17,18,21). The fraction of sp³-hybridized carbons (Fsp3) is 0.562. The van der Waals surface area contributed by atoms with Gasteiger partial charge >= 0.3 is 6.03 Å². The van der Waals surface area contributed by atoms with Gasteiger partial charge in [-0.2, -0.15) is 0 Å². The molecule has 1 atom stereocenters. The highest BCUT2D eigenvalue weighted by atomic mass is 16.3. The second-order valence-electron chi connectivity index (χ2n) is 5.50. The molecule has 5 nitrogen and oxygen atoms in total. The Kier molecular flexibility index (Phi) is 7.79. The highest BCUT2D eigenvalue weighted by Gasteiger charge is 2.09. The molecule has 0 aliphatic rings. The largest absolute Gasteiger partial charge is 0.396 e. The van der Waals surface area contributed by atoms with E-state index in [2.05, 4.69) is 27.7 Å². The molecule has 2 amide bonds. The zero-order chi connectivity index (χ0) is 15.7. The van der Waals surface area contributed by atoms with Gasteiger partial charge in [-0.1, -0.05) is 31.2 Å². The second kappa shape index (κ2) is 9.37. The Balaban J connectivity index is 2.38. The quantitative estimate of drug-likeness (QED) is 0.683. The molecule has 21 heavy (non-hydrogen) atoms. The third-order valence-electron chi connectivity index (χ3n) is 3.28.